The number of benzene rings is 2. The highest BCUT2D eigenvalue weighted by Crippen LogP contribution is 2.34. The van der Waals surface area contributed by atoms with E-state index in [-0.39, 0.29) is 6.10 Å². The van der Waals surface area contributed by atoms with E-state index in [0.717, 1.165) is 23.4 Å². The predicted molar refractivity (Wildman–Crippen MR) is 89.6 cm³/mol. The second-order valence-electron chi connectivity index (χ2n) is 5.84. The molecule has 0 spiro atoms. The topological polar surface area (TPSA) is 50.7 Å². The average Bonchev–Trinajstić information content (AvgIpc) is 2.63. The first-order valence-corrected chi connectivity index (χ1v) is 7.96. The molecule has 0 aliphatic carbocycles. The Morgan fingerprint density at radius 1 is 1.17 bits per heavy atom. The van der Waals surface area contributed by atoms with Crippen LogP contribution >= 0.6 is 0 Å². The van der Waals surface area contributed by atoms with Crippen LogP contribution in [0.25, 0.3) is 0 Å². The molecule has 2 N–H and O–H groups in total. The summed E-state index contributed by atoms with van der Waals surface area (Å²) >= 11 is 0. The van der Waals surface area contributed by atoms with E-state index in [9.17, 15) is 5.11 Å². The number of aliphatic hydroxyl groups is 1. The van der Waals surface area contributed by atoms with Crippen LogP contribution < -0.4 is 10.1 Å². The SMILES string of the molecule is COc1ccccc1C[C@](O)(c1ccccc1)[C@H]1CNCCO1. The van der Waals surface area contributed by atoms with Crippen LogP contribution in [0.5, 0.6) is 5.75 Å². The van der Waals surface area contributed by atoms with Gasteiger partial charge in [0.2, 0.25) is 0 Å². The van der Waals surface area contributed by atoms with Gasteiger partial charge in [0.25, 0.3) is 0 Å². The Labute approximate surface area is 137 Å². The van der Waals surface area contributed by atoms with Gasteiger partial charge in [0.15, 0.2) is 0 Å². The zero-order chi connectivity index (χ0) is 16.1. The summed E-state index contributed by atoms with van der Waals surface area (Å²) < 4.78 is 11.3. The van der Waals surface area contributed by atoms with Gasteiger partial charge in [-0.1, -0.05) is 48.5 Å². The molecule has 1 aliphatic heterocycles. The number of rotatable bonds is 5. The molecule has 122 valence electrons. The molecule has 3 rings (SSSR count). The van der Waals surface area contributed by atoms with E-state index < -0.39 is 5.60 Å². The maximum atomic E-state index is 11.6. The van der Waals surface area contributed by atoms with E-state index in [0.29, 0.717) is 19.6 Å². The summed E-state index contributed by atoms with van der Waals surface area (Å²) in [7, 11) is 1.65. The standard InChI is InChI=1S/C19H23NO3/c1-22-17-10-6-5-7-15(17)13-19(21,16-8-3-2-4-9-16)18-14-20-11-12-23-18/h2-10,18,20-21H,11-14H2,1H3/t18-,19+/m1/s1. The number of ether oxygens (including phenoxy) is 2. The van der Waals surface area contributed by atoms with Crippen molar-refractivity contribution in [2.24, 2.45) is 0 Å². The minimum atomic E-state index is -1.11. The number of para-hydroxylation sites is 1. The summed E-state index contributed by atoms with van der Waals surface area (Å²) in [5.74, 6) is 0.783. The van der Waals surface area contributed by atoms with Gasteiger partial charge >= 0.3 is 0 Å². The molecule has 1 heterocycles. The second-order valence-corrected chi connectivity index (χ2v) is 5.84. The van der Waals surface area contributed by atoms with Gasteiger partial charge in [0.1, 0.15) is 17.5 Å². The predicted octanol–water partition coefficient (Wildman–Crippen LogP) is 2.11. The van der Waals surface area contributed by atoms with Gasteiger partial charge in [0, 0.05) is 19.5 Å². The Morgan fingerprint density at radius 2 is 1.91 bits per heavy atom. The fourth-order valence-corrected chi connectivity index (χ4v) is 3.14. The molecule has 0 saturated carbocycles. The summed E-state index contributed by atoms with van der Waals surface area (Å²) in [6.07, 6.45) is 0.136. The van der Waals surface area contributed by atoms with E-state index in [4.69, 9.17) is 9.47 Å². The highest BCUT2D eigenvalue weighted by atomic mass is 16.5. The fraction of sp³-hybridized carbons (Fsp3) is 0.368. The minimum absolute atomic E-state index is 0.302. The van der Waals surface area contributed by atoms with Crippen molar-refractivity contribution in [3.8, 4) is 5.75 Å². The van der Waals surface area contributed by atoms with Gasteiger partial charge in [-0.3, -0.25) is 0 Å². The number of nitrogens with one attached hydrogen (secondary N) is 1. The molecule has 0 amide bonds. The van der Waals surface area contributed by atoms with Crippen LogP contribution in [0.2, 0.25) is 0 Å². The third-order valence-corrected chi connectivity index (χ3v) is 4.39. The van der Waals surface area contributed by atoms with E-state index in [1.807, 2.05) is 54.6 Å². The third-order valence-electron chi connectivity index (χ3n) is 4.39. The van der Waals surface area contributed by atoms with Crippen LogP contribution in [0.4, 0.5) is 0 Å². The lowest BCUT2D eigenvalue weighted by Gasteiger charge is -2.39. The number of hydrogen-bond donors (Lipinski definition) is 2. The molecule has 4 heteroatoms. The lowest BCUT2D eigenvalue weighted by molar-refractivity contribution is -0.124. The van der Waals surface area contributed by atoms with Gasteiger partial charge in [-0.2, -0.15) is 0 Å². The van der Waals surface area contributed by atoms with Gasteiger partial charge in [-0.25, -0.2) is 0 Å². The Morgan fingerprint density at radius 3 is 2.61 bits per heavy atom. The van der Waals surface area contributed by atoms with Crippen molar-refractivity contribution in [2.75, 3.05) is 26.8 Å². The minimum Gasteiger partial charge on any atom is -0.496 e. The maximum absolute atomic E-state index is 11.6. The Bertz CT molecular complexity index is 626. The number of hydrogen-bond acceptors (Lipinski definition) is 4. The maximum Gasteiger partial charge on any atom is 0.122 e. The summed E-state index contributed by atoms with van der Waals surface area (Å²) in [6, 6.07) is 17.5. The number of morpholine rings is 1. The molecule has 23 heavy (non-hydrogen) atoms. The van der Waals surface area contributed by atoms with Crippen LogP contribution in [0.3, 0.4) is 0 Å². The molecule has 1 saturated heterocycles. The summed E-state index contributed by atoms with van der Waals surface area (Å²) in [6.45, 7) is 2.04. The van der Waals surface area contributed by atoms with Crippen molar-refractivity contribution in [1.29, 1.82) is 0 Å². The van der Waals surface area contributed by atoms with Crippen LogP contribution in [-0.4, -0.2) is 38.0 Å². The molecule has 1 aliphatic rings. The molecule has 2 aromatic carbocycles. The molecule has 0 unspecified atom stereocenters. The molecule has 0 aromatic heterocycles. The van der Waals surface area contributed by atoms with Crippen LogP contribution in [-0.2, 0) is 16.8 Å². The summed E-state index contributed by atoms with van der Waals surface area (Å²) in [5, 5.41) is 14.9. The highest BCUT2D eigenvalue weighted by molar-refractivity contribution is 5.37. The quantitative estimate of drug-likeness (QED) is 0.888. The van der Waals surface area contributed by atoms with Gasteiger partial charge in [-0.05, 0) is 17.2 Å². The molecular formula is C19H23NO3. The molecule has 4 nitrogen and oxygen atoms in total. The lowest BCUT2D eigenvalue weighted by Crippen LogP contribution is -2.52. The first kappa shape index (κ1) is 16.0. The second kappa shape index (κ2) is 7.13. The number of methoxy groups -OCH3 is 1. The van der Waals surface area contributed by atoms with E-state index in [2.05, 4.69) is 5.32 Å². The summed E-state index contributed by atoms with van der Waals surface area (Å²) in [4.78, 5) is 0. The fourth-order valence-electron chi connectivity index (χ4n) is 3.14. The monoisotopic (exact) mass is 313 g/mol. The first-order chi connectivity index (χ1) is 11.2. The highest BCUT2D eigenvalue weighted by Gasteiger charge is 2.40. The van der Waals surface area contributed by atoms with E-state index in [1.165, 1.54) is 0 Å². The Kier molecular flexibility index (Phi) is 4.96. The first-order valence-electron chi connectivity index (χ1n) is 7.96. The molecule has 0 bridgehead atoms. The largest absolute Gasteiger partial charge is 0.496 e. The zero-order valence-corrected chi connectivity index (χ0v) is 13.4. The van der Waals surface area contributed by atoms with Crippen LogP contribution in [0, 0.1) is 0 Å². The summed E-state index contributed by atoms with van der Waals surface area (Å²) in [5.41, 5.74) is 0.721. The molecule has 0 radical (unpaired) electrons. The normalized spacial score (nSPS) is 20.7. The van der Waals surface area contributed by atoms with Crippen LogP contribution in [0.1, 0.15) is 11.1 Å². The van der Waals surface area contributed by atoms with Gasteiger partial charge < -0.3 is 19.9 Å². The molecular weight excluding hydrogens is 290 g/mol. The van der Waals surface area contributed by atoms with Gasteiger partial charge in [-0.15, -0.1) is 0 Å². The van der Waals surface area contributed by atoms with Crippen molar-refractivity contribution in [2.45, 2.75) is 18.1 Å². The van der Waals surface area contributed by atoms with Crippen LogP contribution in [0.15, 0.2) is 54.6 Å². The van der Waals surface area contributed by atoms with Crippen molar-refractivity contribution in [3.63, 3.8) is 0 Å². The Balaban J connectivity index is 1.98. The van der Waals surface area contributed by atoms with Gasteiger partial charge in [0.05, 0.1) is 13.7 Å². The molecule has 1 fully saturated rings. The van der Waals surface area contributed by atoms with Crippen molar-refractivity contribution in [1.82, 2.24) is 5.32 Å². The zero-order valence-electron chi connectivity index (χ0n) is 13.4. The van der Waals surface area contributed by atoms with Crippen molar-refractivity contribution < 1.29 is 14.6 Å². The molecule has 2 aromatic rings. The third kappa shape index (κ3) is 3.39. The van der Waals surface area contributed by atoms with Crippen molar-refractivity contribution >= 4 is 0 Å². The smallest absolute Gasteiger partial charge is 0.122 e. The average molecular weight is 313 g/mol. The van der Waals surface area contributed by atoms with E-state index in [1.54, 1.807) is 7.11 Å². The molecule has 2 atom stereocenters. The van der Waals surface area contributed by atoms with E-state index >= 15 is 0 Å². The Hall–Kier alpha value is -1.88. The van der Waals surface area contributed by atoms with Crippen molar-refractivity contribution in [3.05, 3.63) is 65.7 Å². The lowest BCUT2D eigenvalue weighted by atomic mass is 9.81.